The quantitative estimate of drug-likeness (QED) is 0.392. The lowest BCUT2D eigenvalue weighted by Gasteiger charge is -2.19. The molecule has 2 aromatic rings. The average Bonchev–Trinajstić information content (AvgIpc) is 3.34. The Bertz CT molecular complexity index is 1150. The molecule has 7 nitrogen and oxygen atoms in total. The van der Waals surface area contributed by atoms with E-state index in [1.807, 2.05) is 32.0 Å². The van der Waals surface area contributed by atoms with E-state index in [4.69, 9.17) is 4.74 Å². The lowest BCUT2D eigenvalue weighted by molar-refractivity contribution is -0.139. The van der Waals surface area contributed by atoms with Gasteiger partial charge >= 0.3 is 5.97 Å². The Morgan fingerprint density at radius 1 is 0.912 bits per heavy atom. The van der Waals surface area contributed by atoms with Crippen molar-refractivity contribution in [2.24, 2.45) is 17.8 Å². The van der Waals surface area contributed by atoms with Crippen molar-refractivity contribution >= 4 is 35.1 Å². The summed E-state index contributed by atoms with van der Waals surface area (Å²) in [6, 6.07) is 12.4. The maximum atomic E-state index is 12.8. The standard InChI is InChI=1S/C27H28N2O5/c1-16-7-8-17(2)23(13-16)28-15-18(14-24(28)30)27(33)34-20-11-9-19(10-12-20)29-25(31)21-5-3-4-6-22(21)26(29)32/h7-13,18,21-22H,3-6,14-15H2,1-2H3/t18-,21-,22+/m0/s1. The second-order valence-corrected chi connectivity index (χ2v) is 9.62. The van der Waals surface area contributed by atoms with Gasteiger partial charge < -0.3 is 9.64 Å². The summed E-state index contributed by atoms with van der Waals surface area (Å²) in [5.41, 5.74) is 3.36. The summed E-state index contributed by atoms with van der Waals surface area (Å²) < 4.78 is 5.54. The third-order valence-electron chi connectivity index (χ3n) is 7.27. The maximum absolute atomic E-state index is 12.8. The monoisotopic (exact) mass is 460 g/mol. The molecule has 0 aromatic heterocycles. The number of amides is 3. The Balaban J connectivity index is 1.25. The number of esters is 1. The predicted octanol–water partition coefficient (Wildman–Crippen LogP) is 3.94. The van der Waals surface area contributed by atoms with Crippen molar-refractivity contribution in [2.75, 3.05) is 16.3 Å². The first-order valence-corrected chi connectivity index (χ1v) is 11.9. The van der Waals surface area contributed by atoms with Crippen molar-refractivity contribution in [3.63, 3.8) is 0 Å². The molecule has 7 heteroatoms. The molecule has 2 aromatic carbocycles. The molecular weight excluding hydrogens is 432 g/mol. The number of anilines is 2. The third kappa shape index (κ3) is 3.89. The molecule has 176 valence electrons. The van der Waals surface area contributed by atoms with E-state index in [0.29, 0.717) is 11.4 Å². The van der Waals surface area contributed by atoms with Crippen molar-refractivity contribution in [2.45, 2.75) is 46.0 Å². The summed E-state index contributed by atoms with van der Waals surface area (Å²) in [5.74, 6) is -1.48. The first-order chi connectivity index (χ1) is 16.3. The molecule has 2 heterocycles. The van der Waals surface area contributed by atoms with Crippen LogP contribution in [0.15, 0.2) is 42.5 Å². The van der Waals surface area contributed by atoms with Gasteiger partial charge in [-0.2, -0.15) is 0 Å². The van der Waals surface area contributed by atoms with E-state index in [1.54, 1.807) is 29.2 Å². The first kappa shape index (κ1) is 22.3. The highest BCUT2D eigenvalue weighted by Crippen LogP contribution is 2.40. The molecule has 1 saturated carbocycles. The zero-order valence-electron chi connectivity index (χ0n) is 19.5. The van der Waals surface area contributed by atoms with Crippen molar-refractivity contribution in [3.8, 4) is 5.75 Å². The van der Waals surface area contributed by atoms with E-state index in [1.165, 1.54) is 4.90 Å². The molecule has 5 rings (SSSR count). The fourth-order valence-electron chi connectivity index (χ4n) is 5.39. The van der Waals surface area contributed by atoms with Gasteiger partial charge in [-0.25, -0.2) is 0 Å². The van der Waals surface area contributed by atoms with Crippen molar-refractivity contribution in [1.29, 1.82) is 0 Å². The average molecular weight is 461 g/mol. The Morgan fingerprint density at radius 2 is 1.56 bits per heavy atom. The number of aryl methyl sites for hydroxylation is 2. The first-order valence-electron chi connectivity index (χ1n) is 11.9. The predicted molar refractivity (Wildman–Crippen MR) is 126 cm³/mol. The van der Waals surface area contributed by atoms with Gasteiger partial charge in [0.2, 0.25) is 17.7 Å². The highest BCUT2D eigenvalue weighted by molar-refractivity contribution is 6.22. The van der Waals surface area contributed by atoms with Crippen molar-refractivity contribution in [3.05, 3.63) is 53.6 Å². The highest BCUT2D eigenvalue weighted by atomic mass is 16.5. The number of benzene rings is 2. The molecule has 3 aliphatic rings. The van der Waals surface area contributed by atoms with Crippen LogP contribution in [0.25, 0.3) is 0 Å². The Hall–Kier alpha value is -3.48. The third-order valence-corrected chi connectivity index (χ3v) is 7.27. The van der Waals surface area contributed by atoms with E-state index in [0.717, 1.165) is 42.5 Å². The summed E-state index contributed by atoms with van der Waals surface area (Å²) in [6.45, 7) is 4.19. The second-order valence-electron chi connectivity index (χ2n) is 9.62. The number of hydrogen-bond donors (Lipinski definition) is 0. The molecule has 0 radical (unpaired) electrons. The molecule has 34 heavy (non-hydrogen) atoms. The summed E-state index contributed by atoms with van der Waals surface area (Å²) in [5, 5.41) is 0. The second kappa shape index (κ2) is 8.70. The number of carbonyl (C=O) groups is 4. The summed E-state index contributed by atoms with van der Waals surface area (Å²) in [4.78, 5) is 53.9. The van der Waals surface area contributed by atoms with Gasteiger partial charge in [-0.3, -0.25) is 24.1 Å². The Morgan fingerprint density at radius 3 is 2.21 bits per heavy atom. The molecule has 1 aliphatic carbocycles. The minimum atomic E-state index is -0.558. The number of rotatable bonds is 4. The van der Waals surface area contributed by atoms with Gasteiger partial charge in [0.15, 0.2) is 0 Å². The van der Waals surface area contributed by atoms with Crippen LogP contribution in [0.4, 0.5) is 11.4 Å². The van der Waals surface area contributed by atoms with Crippen LogP contribution in [0.3, 0.4) is 0 Å². The largest absolute Gasteiger partial charge is 0.426 e. The van der Waals surface area contributed by atoms with E-state index in [2.05, 4.69) is 0 Å². The number of nitrogens with zero attached hydrogens (tertiary/aromatic N) is 2. The van der Waals surface area contributed by atoms with Gasteiger partial charge in [0.05, 0.1) is 23.4 Å². The fourth-order valence-corrected chi connectivity index (χ4v) is 5.39. The van der Waals surface area contributed by atoms with Gasteiger partial charge in [-0.1, -0.05) is 25.0 Å². The van der Waals surface area contributed by atoms with Crippen molar-refractivity contribution < 1.29 is 23.9 Å². The van der Waals surface area contributed by atoms with Gasteiger partial charge in [-0.05, 0) is 68.1 Å². The van der Waals surface area contributed by atoms with Crippen LogP contribution < -0.4 is 14.5 Å². The summed E-state index contributed by atoms with van der Waals surface area (Å²) >= 11 is 0. The lowest BCUT2D eigenvalue weighted by atomic mass is 9.81. The SMILES string of the molecule is Cc1ccc(C)c(N2C[C@@H](C(=O)Oc3ccc(N4C(=O)[C@H]5CCCC[C@H]5C4=O)cc3)CC2=O)c1. The zero-order valence-corrected chi connectivity index (χ0v) is 19.5. The molecule has 2 saturated heterocycles. The van der Waals surface area contributed by atoms with Crippen LogP contribution in [0, 0.1) is 31.6 Å². The minimum Gasteiger partial charge on any atom is -0.426 e. The number of ether oxygens (including phenoxy) is 1. The summed E-state index contributed by atoms with van der Waals surface area (Å²) in [7, 11) is 0. The van der Waals surface area contributed by atoms with Gasteiger partial charge in [0.1, 0.15) is 5.75 Å². The van der Waals surface area contributed by atoms with Crippen LogP contribution in [0.5, 0.6) is 5.75 Å². The molecule has 0 N–H and O–H groups in total. The minimum absolute atomic E-state index is 0.0986. The van der Waals surface area contributed by atoms with Crippen LogP contribution >= 0.6 is 0 Å². The van der Waals surface area contributed by atoms with E-state index < -0.39 is 11.9 Å². The van der Waals surface area contributed by atoms with Gasteiger partial charge in [0.25, 0.3) is 0 Å². The molecular formula is C27H28N2O5. The number of fused-ring (bicyclic) bond motifs is 1. The van der Waals surface area contributed by atoms with Crippen LogP contribution in [-0.4, -0.2) is 30.2 Å². The molecule has 3 fully saturated rings. The Labute approximate surface area is 198 Å². The number of carbonyl (C=O) groups excluding carboxylic acids is 4. The lowest BCUT2D eigenvalue weighted by Crippen LogP contribution is -2.30. The number of hydrogen-bond acceptors (Lipinski definition) is 5. The fraction of sp³-hybridized carbons (Fsp3) is 0.407. The van der Waals surface area contributed by atoms with Crippen LogP contribution in [0.1, 0.15) is 43.2 Å². The van der Waals surface area contributed by atoms with E-state index in [-0.39, 0.29) is 42.5 Å². The smallest absolute Gasteiger partial charge is 0.316 e. The molecule has 0 bridgehead atoms. The van der Waals surface area contributed by atoms with Crippen LogP contribution in [-0.2, 0) is 19.2 Å². The molecule has 0 unspecified atom stereocenters. The maximum Gasteiger partial charge on any atom is 0.316 e. The van der Waals surface area contributed by atoms with E-state index >= 15 is 0 Å². The molecule has 0 spiro atoms. The molecule has 3 amide bonds. The number of imide groups is 1. The van der Waals surface area contributed by atoms with Gasteiger partial charge in [0, 0.05) is 18.7 Å². The molecule has 3 atom stereocenters. The topological polar surface area (TPSA) is 84.0 Å². The molecule has 2 aliphatic heterocycles. The normalized spacial score (nSPS) is 24.5. The van der Waals surface area contributed by atoms with Gasteiger partial charge in [-0.15, -0.1) is 0 Å². The zero-order chi connectivity index (χ0) is 24.0. The Kier molecular flexibility index (Phi) is 5.71. The van der Waals surface area contributed by atoms with E-state index in [9.17, 15) is 19.2 Å². The summed E-state index contributed by atoms with van der Waals surface area (Å²) in [6.07, 6.45) is 3.59. The van der Waals surface area contributed by atoms with Crippen molar-refractivity contribution in [1.82, 2.24) is 0 Å². The highest BCUT2D eigenvalue weighted by Gasteiger charge is 2.48. The van der Waals surface area contributed by atoms with Crippen LogP contribution in [0.2, 0.25) is 0 Å².